The Kier molecular flexibility index (Phi) is 8.16. The fraction of sp³-hybridized carbons (Fsp3) is 0.474. The van der Waals surface area contributed by atoms with Crippen LogP contribution in [0.2, 0.25) is 0 Å². The maximum absolute atomic E-state index is 12.2. The van der Waals surface area contributed by atoms with E-state index in [1.807, 2.05) is 26.4 Å². The van der Waals surface area contributed by atoms with E-state index in [1.54, 1.807) is 16.8 Å². The van der Waals surface area contributed by atoms with Crippen LogP contribution in [0.25, 0.3) is 0 Å². The first-order valence-corrected chi connectivity index (χ1v) is 9.14. The van der Waals surface area contributed by atoms with E-state index in [1.165, 1.54) is 17.7 Å². The average Bonchev–Trinajstić information content (AvgIpc) is 3.07. The minimum atomic E-state index is -4.34. The molecule has 1 aromatic heterocycles. The number of alkyl halides is 3. The fourth-order valence-corrected chi connectivity index (χ4v) is 2.47. The summed E-state index contributed by atoms with van der Waals surface area (Å²) in [5, 5.41) is 10.6. The predicted octanol–water partition coefficient (Wildman–Crippen LogP) is 3.05. The first-order valence-electron chi connectivity index (χ1n) is 9.14. The van der Waals surface area contributed by atoms with Crippen molar-refractivity contribution in [1.82, 2.24) is 20.4 Å². The molecule has 0 aliphatic heterocycles. The maximum atomic E-state index is 12.2. The highest BCUT2D eigenvalue weighted by atomic mass is 19.4. The summed E-state index contributed by atoms with van der Waals surface area (Å²) in [5.41, 5.74) is 2.07. The molecule has 0 fully saturated rings. The van der Waals surface area contributed by atoms with E-state index >= 15 is 0 Å². The van der Waals surface area contributed by atoms with Gasteiger partial charge in [-0.05, 0) is 43.0 Å². The second kappa shape index (κ2) is 10.6. The summed E-state index contributed by atoms with van der Waals surface area (Å²) >= 11 is 0. The van der Waals surface area contributed by atoms with Crippen molar-refractivity contribution >= 4 is 5.96 Å². The number of aromatic nitrogens is 2. The van der Waals surface area contributed by atoms with Crippen molar-refractivity contribution < 1.29 is 17.9 Å². The fourth-order valence-electron chi connectivity index (χ4n) is 2.47. The summed E-state index contributed by atoms with van der Waals surface area (Å²) in [6.45, 7) is 2.61. The molecule has 154 valence electrons. The molecule has 0 saturated heterocycles. The van der Waals surface area contributed by atoms with Gasteiger partial charge >= 0.3 is 6.18 Å². The molecule has 2 aromatic rings. The van der Waals surface area contributed by atoms with Gasteiger partial charge in [-0.15, -0.1) is 0 Å². The largest absolute Gasteiger partial charge is 0.484 e. The molecule has 1 aromatic carbocycles. The Hall–Kier alpha value is -2.71. The molecule has 28 heavy (non-hydrogen) atoms. The lowest BCUT2D eigenvalue weighted by molar-refractivity contribution is -0.153. The monoisotopic (exact) mass is 397 g/mol. The highest BCUT2D eigenvalue weighted by Gasteiger charge is 2.28. The van der Waals surface area contributed by atoms with Gasteiger partial charge in [0.05, 0.1) is 12.7 Å². The van der Waals surface area contributed by atoms with Crippen LogP contribution in [0.5, 0.6) is 5.75 Å². The van der Waals surface area contributed by atoms with Gasteiger partial charge in [0, 0.05) is 26.3 Å². The number of guanidine groups is 1. The van der Waals surface area contributed by atoms with E-state index < -0.39 is 12.8 Å². The number of aliphatic imine (C=N–C) groups is 1. The second-order valence-electron chi connectivity index (χ2n) is 6.30. The molecule has 0 unspecified atom stereocenters. The molecule has 0 spiro atoms. The van der Waals surface area contributed by atoms with Gasteiger partial charge in [-0.2, -0.15) is 18.3 Å². The van der Waals surface area contributed by atoms with Crippen LogP contribution >= 0.6 is 0 Å². The molecule has 1 heterocycles. The zero-order valence-corrected chi connectivity index (χ0v) is 16.1. The number of nitrogens with zero attached hydrogens (tertiary/aromatic N) is 3. The van der Waals surface area contributed by atoms with Gasteiger partial charge in [-0.3, -0.25) is 4.68 Å². The topological polar surface area (TPSA) is 63.5 Å². The molecule has 0 atom stereocenters. The lowest BCUT2D eigenvalue weighted by atomic mass is 10.2. The number of rotatable bonds is 9. The Morgan fingerprint density at radius 2 is 1.93 bits per heavy atom. The number of aryl methyl sites for hydroxylation is 2. The summed E-state index contributed by atoms with van der Waals surface area (Å²) < 4.78 is 43.0. The van der Waals surface area contributed by atoms with Gasteiger partial charge in [0.15, 0.2) is 12.6 Å². The smallest absolute Gasteiger partial charge is 0.422 e. The van der Waals surface area contributed by atoms with E-state index in [4.69, 9.17) is 4.74 Å². The van der Waals surface area contributed by atoms with E-state index in [9.17, 15) is 13.2 Å². The number of hydrogen-bond donors (Lipinski definition) is 2. The Labute approximate surface area is 162 Å². The zero-order valence-electron chi connectivity index (χ0n) is 16.1. The zero-order chi connectivity index (χ0) is 20.4. The molecule has 0 amide bonds. The Morgan fingerprint density at radius 1 is 1.18 bits per heavy atom. The van der Waals surface area contributed by atoms with Crippen LogP contribution in [0, 0.1) is 0 Å². The molecule has 2 N–H and O–H groups in total. The highest BCUT2D eigenvalue weighted by molar-refractivity contribution is 5.79. The standard InChI is InChI=1S/C19H26F3N5O/c1-3-23-18(24-10-4-5-16-12-26-27(2)13-16)25-11-15-6-8-17(9-7-15)28-14-19(20,21)22/h6-9,12-13H,3-5,10-11,14H2,1-2H3,(H2,23,24,25). The Bertz CT molecular complexity index is 741. The molecule has 2 rings (SSSR count). The number of ether oxygens (including phenoxy) is 1. The summed E-state index contributed by atoms with van der Waals surface area (Å²) in [6, 6.07) is 6.46. The molecule has 0 saturated carbocycles. The minimum absolute atomic E-state index is 0.186. The van der Waals surface area contributed by atoms with Crippen molar-refractivity contribution in [1.29, 1.82) is 0 Å². The summed E-state index contributed by atoms with van der Waals surface area (Å²) in [6.07, 6.45) is 1.40. The van der Waals surface area contributed by atoms with Crippen LogP contribution in [0.3, 0.4) is 0 Å². The SMILES string of the molecule is CCNC(=NCc1ccc(OCC(F)(F)F)cc1)NCCCc1cnn(C)c1. The van der Waals surface area contributed by atoms with Gasteiger partial charge in [0.2, 0.25) is 0 Å². The summed E-state index contributed by atoms with van der Waals surface area (Å²) in [7, 11) is 1.90. The summed E-state index contributed by atoms with van der Waals surface area (Å²) in [4.78, 5) is 4.50. The van der Waals surface area contributed by atoms with E-state index in [2.05, 4.69) is 20.7 Å². The third-order valence-electron chi connectivity index (χ3n) is 3.78. The molecular weight excluding hydrogens is 371 g/mol. The van der Waals surface area contributed by atoms with Crippen LogP contribution in [0.1, 0.15) is 24.5 Å². The van der Waals surface area contributed by atoms with Crippen LogP contribution < -0.4 is 15.4 Å². The van der Waals surface area contributed by atoms with E-state index in [0.717, 1.165) is 31.5 Å². The van der Waals surface area contributed by atoms with Crippen molar-refractivity contribution in [2.45, 2.75) is 32.5 Å². The lowest BCUT2D eigenvalue weighted by Crippen LogP contribution is -2.37. The van der Waals surface area contributed by atoms with Gasteiger partial charge < -0.3 is 15.4 Å². The van der Waals surface area contributed by atoms with Gasteiger partial charge in [0.25, 0.3) is 0 Å². The lowest BCUT2D eigenvalue weighted by Gasteiger charge is -2.11. The number of halogens is 3. The molecular formula is C19H26F3N5O. The first kappa shape index (κ1) is 21.6. The molecule has 6 nitrogen and oxygen atoms in total. The van der Waals surface area contributed by atoms with Crippen LogP contribution in [-0.2, 0) is 20.0 Å². The third-order valence-corrected chi connectivity index (χ3v) is 3.78. The van der Waals surface area contributed by atoms with Crippen molar-refractivity contribution in [3.63, 3.8) is 0 Å². The van der Waals surface area contributed by atoms with Crippen molar-refractivity contribution in [3.8, 4) is 5.75 Å². The second-order valence-corrected chi connectivity index (χ2v) is 6.30. The Balaban J connectivity index is 1.79. The molecule has 0 aliphatic rings. The van der Waals surface area contributed by atoms with Crippen molar-refractivity contribution in [2.24, 2.45) is 12.0 Å². The third kappa shape index (κ3) is 8.32. The number of nitrogens with one attached hydrogen (secondary N) is 2. The predicted molar refractivity (Wildman–Crippen MR) is 102 cm³/mol. The molecule has 0 aliphatic carbocycles. The molecule has 9 heteroatoms. The quantitative estimate of drug-likeness (QED) is 0.388. The van der Waals surface area contributed by atoms with Crippen LogP contribution in [0.15, 0.2) is 41.7 Å². The maximum Gasteiger partial charge on any atom is 0.422 e. The minimum Gasteiger partial charge on any atom is -0.484 e. The van der Waals surface area contributed by atoms with Crippen molar-refractivity contribution in [3.05, 3.63) is 47.8 Å². The van der Waals surface area contributed by atoms with Crippen LogP contribution in [-0.4, -0.2) is 41.6 Å². The average molecular weight is 397 g/mol. The van der Waals surface area contributed by atoms with Gasteiger partial charge in [-0.25, -0.2) is 4.99 Å². The van der Waals surface area contributed by atoms with E-state index in [0.29, 0.717) is 12.5 Å². The highest BCUT2D eigenvalue weighted by Crippen LogP contribution is 2.19. The van der Waals surface area contributed by atoms with Crippen LogP contribution in [0.4, 0.5) is 13.2 Å². The van der Waals surface area contributed by atoms with Crippen molar-refractivity contribution in [2.75, 3.05) is 19.7 Å². The Morgan fingerprint density at radius 3 is 2.54 bits per heavy atom. The molecule has 0 bridgehead atoms. The van der Waals surface area contributed by atoms with E-state index in [-0.39, 0.29) is 5.75 Å². The first-order chi connectivity index (χ1) is 13.4. The number of hydrogen-bond acceptors (Lipinski definition) is 3. The summed E-state index contributed by atoms with van der Waals surface area (Å²) in [5.74, 6) is 0.886. The molecule has 0 radical (unpaired) electrons. The van der Waals surface area contributed by atoms with Gasteiger partial charge in [-0.1, -0.05) is 12.1 Å². The van der Waals surface area contributed by atoms with Gasteiger partial charge in [0.1, 0.15) is 5.75 Å². The number of benzene rings is 1. The normalized spacial score (nSPS) is 12.1.